The van der Waals surface area contributed by atoms with Gasteiger partial charge in [-0.3, -0.25) is 14.9 Å². The standard InChI is InChI=1S/C27H20N2O8S/c1-36-26(32)15-11-16(27(33)37-2)13-17(12-15)28-25(31)22-14-23(20-5-3-4-6-21(20)24(22)30)38-19-9-7-18(8-10-19)29(34)35/h3-14,30H,1-2H3,(H,28,31). The number of phenolic OH excluding ortho intramolecular Hbond substituents is 1. The third-order valence-electron chi connectivity index (χ3n) is 5.53. The van der Waals surface area contributed by atoms with Gasteiger partial charge in [-0.15, -0.1) is 0 Å². The summed E-state index contributed by atoms with van der Waals surface area (Å²) in [5.74, 6) is -2.40. The van der Waals surface area contributed by atoms with Gasteiger partial charge in [-0.25, -0.2) is 9.59 Å². The van der Waals surface area contributed by atoms with Crippen molar-refractivity contribution >= 4 is 51.8 Å². The number of esters is 2. The fourth-order valence-electron chi connectivity index (χ4n) is 3.72. The molecule has 0 aliphatic heterocycles. The number of fused-ring (bicyclic) bond motifs is 1. The van der Waals surface area contributed by atoms with Crippen LogP contribution < -0.4 is 5.32 Å². The van der Waals surface area contributed by atoms with Gasteiger partial charge in [0.2, 0.25) is 0 Å². The van der Waals surface area contributed by atoms with E-state index < -0.39 is 22.8 Å². The van der Waals surface area contributed by atoms with Crippen molar-refractivity contribution in [2.24, 2.45) is 0 Å². The summed E-state index contributed by atoms with van der Waals surface area (Å²) in [6.45, 7) is 0. The van der Waals surface area contributed by atoms with E-state index in [-0.39, 0.29) is 33.8 Å². The van der Waals surface area contributed by atoms with Gasteiger partial charge in [-0.05, 0) is 41.8 Å². The smallest absolute Gasteiger partial charge is 0.337 e. The van der Waals surface area contributed by atoms with Crippen LogP contribution in [0.1, 0.15) is 31.1 Å². The van der Waals surface area contributed by atoms with Crippen LogP contribution in [0.2, 0.25) is 0 Å². The zero-order chi connectivity index (χ0) is 27.4. The maximum absolute atomic E-state index is 13.3. The lowest BCUT2D eigenvalue weighted by atomic mass is 10.0. The number of hydrogen-bond acceptors (Lipinski definition) is 9. The number of aromatic hydroxyl groups is 1. The van der Waals surface area contributed by atoms with Crippen molar-refractivity contribution < 1.29 is 33.9 Å². The van der Waals surface area contributed by atoms with Crippen molar-refractivity contribution in [1.82, 2.24) is 0 Å². The molecule has 0 bridgehead atoms. The van der Waals surface area contributed by atoms with Gasteiger partial charge in [-0.2, -0.15) is 0 Å². The predicted octanol–water partition coefficient (Wildman–Crippen LogP) is 5.43. The number of ether oxygens (including phenoxy) is 2. The highest BCUT2D eigenvalue weighted by atomic mass is 32.2. The Morgan fingerprint density at radius 1 is 0.868 bits per heavy atom. The minimum atomic E-state index is -0.721. The Balaban J connectivity index is 1.74. The molecule has 0 aromatic heterocycles. The van der Waals surface area contributed by atoms with Gasteiger partial charge in [-0.1, -0.05) is 36.0 Å². The van der Waals surface area contributed by atoms with E-state index in [0.717, 1.165) is 0 Å². The average Bonchev–Trinajstić information content (AvgIpc) is 2.93. The number of phenols is 1. The summed E-state index contributed by atoms with van der Waals surface area (Å²) in [5.41, 5.74) is 0.0304. The summed E-state index contributed by atoms with van der Waals surface area (Å²) in [7, 11) is 2.37. The second-order valence-electron chi connectivity index (χ2n) is 7.91. The first kappa shape index (κ1) is 26.2. The Bertz CT molecular complexity index is 1550. The predicted molar refractivity (Wildman–Crippen MR) is 140 cm³/mol. The van der Waals surface area contributed by atoms with Gasteiger partial charge in [0.05, 0.1) is 35.8 Å². The van der Waals surface area contributed by atoms with E-state index in [1.165, 1.54) is 62.4 Å². The molecule has 1 amide bonds. The molecule has 0 fully saturated rings. The first-order valence-electron chi connectivity index (χ1n) is 11.0. The van der Waals surface area contributed by atoms with Crippen LogP contribution >= 0.6 is 11.8 Å². The molecule has 4 aromatic rings. The number of nitrogens with one attached hydrogen (secondary N) is 1. The van der Waals surface area contributed by atoms with E-state index in [1.54, 1.807) is 36.4 Å². The average molecular weight is 533 g/mol. The normalized spacial score (nSPS) is 10.6. The van der Waals surface area contributed by atoms with Crippen molar-refractivity contribution in [3.63, 3.8) is 0 Å². The topological polar surface area (TPSA) is 145 Å². The van der Waals surface area contributed by atoms with Crippen molar-refractivity contribution in [3.05, 3.63) is 99.6 Å². The Hall–Kier alpha value is -4.90. The number of non-ortho nitro benzene ring substituents is 1. The van der Waals surface area contributed by atoms with Crippen LogP contribution in [0.3, 0.4) is 0 Å². The SMILES string of the molecule is COC(=O)c1cc(NC(=O)c2cc(Sc3ccc([N+](=O)[O-])cc3)c3ccccc3c2O)cc(C(=O)OC)c1. The molecule has 192 valence electrons. The number of amides is 1. The van der Waals surface area contributed by atoms with E-state index in [1.807, 2.05) is 0 Å². The summed E-state index contributed by atoms with van der Waals surface area (Å²) in [6, 6.07) is 18.3. The quantitative estimate of drug-likeness (QED) is 0.181. The fraction of sp³-hybridized carbons (Fsp3) is 0.0741. The zero-order valence-corrected chi connectivity index (χ0v) is 20.9. The summed E-state index contributed by atoms with van der Waals surface area (Å²) >= 11 is 1.27. The van der Waals surface area contributed by atoms with E-state index in [0.29, 0.717) is 20.6 Å². The second kappa shape index (κ2) is 11.0. The Kier molecular flexibility index (Phi) is 7.58. The molecule has 0 atom stereocenters. The van der Waals surface area contributed by atoms with Crippen LogP contribution in [0.25, 0.3) is 10.8 Å². The van der Waals surface area contributed by atoms with E-state index in [9.17, 15) is 29.6 Å². The molecule has 0 radical (unpaired) electrons. The summed E-state index contributed by atoms with van der Waals surface area (Å²) in [5, 5.41) is 25.6. The summed E-state index contributed by atoms with van der Waals surface area (Å²) in [4.78, 5) is 49.3. The molecule has 4 aromatic carbocycles. The van der Waals surface area contributed by atoms with Crippen LogP contribution in [0.5, 0.6) is 5.75 Å². The van der Waals surface area contributed by atoms with E-state index >= 15 is 0 Å². The van der Waals surface area contributed by atoms with Gasteiger partial charge in [0, 0.05) is 33.0 Å². The molecular formula is C27H20N2O8S. The number of nitro benzene ring substituents is 1. The Labute approximate surface area is 220 Å². The van der Waals surface area contributed by atoms with Crippen LogP contribution in [0.15, 0.2) is 82.6 Å². The molecule has 10 nitrogen and oxygen atoms in total. The van der Waals surface area contributed by atoms with Crippen molar-refractivity contribution in [2.45, 2.75) is 9.79 Å². The van der Waals surface area contributed by atoms with E-state index in [2.05, 4.69) is 5.32 Å². The maximum Gasteiger partial charge on any atom is 0.337 e. The second-order valence-corrected chi connectivity index (χ2v) is 9.02. The number of nitro groups is 1. The van der Waals surface area contributed by atoms with Crippen molar-refractivity contribution in [2.75, 3.05) is 19.5 Å². The van der Waals surface area contributed by atoms with Gasteiger partial charge >= 0.3 is 11.9 Å². The lowest BCUT2D eigenvalue weighted by molar-refractivity contribution is -0.384. The molecule has 0 spiro atoms. The van der Waals surface area contributed by atoms with Gasteiger partial charge in [0.1, 0.15) is 5.75 Å². The number of methoxy groups -OCH3 is 2. The highest BCUT2D eigenvalue weighted by molar-refractivity contribution is 7.99. The van der Waals surface area contributed by atoms with Crippen LogP contribution in [-0.2, 0) is 9.47 Å². The first-order valence-corrected chi connectivity index (χ1v) is 11.8. The monoisotopic (exact) mass is 532 g/mol. The van der Waals surface area contributed by atoms with Crippen molar-refractivity contribution in [1.29, 1.82) is 0 Å². The zero-order valence-electron chi connectivity index (χ0n) is 20.1. The van der Waals surface area contributed by atoms with E-state index in [4.69, 9.17) is 9.47 Å². The van der Waals surface area contributed by atoms with Crippen LogP contribution in [-0.4, -0.2) is 42.1 Å². The molecule has 2 N–H and O–H groups in total. The number of benzene rings is 4. The lowest BCUT2D eigenvalue weighted by Gasteiger charge is -2.14. The van der Waals surface area contributed by atoms with Gasteiger partial charge in [0.25, 0.3) is 11.6 Å². The van der Waals surface area contributed by atoms with Gasteiger partial charge < -0.3 is 19.9 Å². The molecule has 0 heterocycles. The molecular weight excluding hydrogens is 512 g/mol. The van der Waals surface area contributed by atoms with Crippen LogP contribution in [0.4, 0.5) is 11.4 Å². The Morgan fingerprint density at radius 3 is 2.00 bits per heavy atom. The Morgan fingerprint density at radius 2 is 1.45 bits per heavy atom. The number of hydrogen-bond donors (Lipinski definition) is 2. The molecule has 0 aliphatic rings. The maximum atomic E-state index is 13.3. The largest absolute Gasteiger partial charge is 0.506 e. The lowest BCUT2D eigenvalue weighted by Crippen LogP contribution is -2.15. The minimum Gasteiger partial charge on any atom is -0.506 e. The first-order chi connectivity index (χ1) is 18.2. The summed E-state index contributed by atoms with van der Waals surface area (Å²) in [6.07, 6.45) is 0. The highest BCUT2D eigenvalue weighted by Crippen LogP contribution is 2.40. The number of rotatable bonds is 7. The third kappa shape index (κ3) is 5.42. The molecule has 11 heteroatoms. The minimum absolute atomic E-state index is 0.0165. The highest BCUT2D eigenvalue weighted by Gasteiger charge is 2.20. The fourth-order valence-corrected chi connectivity index (χ4v) is 4.71. The molecule has 0 saturated heterocycles. The molecule has 0 aliphatic carbocycles. The molecule has 38 heavy (non-hydrogen) atoms. The number of carbonyl (C=O) groups excluding carboxylic acids is 3. The number of carbonyl (C=O) groups is 3. The van der Waals surface area contributed by atoms with Crippen molar-refractivity contribution in [3.8, 4) is 5.75 Å². The van der Waals surface area contributed by atoms with Gasteiger partial charge in [0.15, 0.2) is 0 Å². The van der Waals surface area contributed by atoms with Crippen LogP contribution in [0, 0.1) is 10.1 Å². The number of anilines is 1. The third-order valence-corrected chi connectivity index (χ3v) is 6.60. The molecule has 4 rings (SSSR count). The molecule has 0 unspecified atom stereocenters. The number of nitrogens with zero attached hydrogens (tertiary/aromatic N) is 1. The molecule has 0 saturated carbocycles. The summed E-state index contributed by atoms with van der Waals surface area (Å²) < 4.78 is 9.45.